The first-order chi connectivity index (χ1) is 16.5. The molecule has 5 rings (SSSR count). The number of halogens is 2. The van der Waals surface area contributed by atoms with Gasteiger partial charge in [-0.15, -0.1) is 12.4 Å². The Morgan fingerprint density at radius 2 is 1.91 bits per heavy atom. The number of anilines is 3. The molecule has 1 aliphatic heterocycles. The largest absolute Gasteiger partial charge is 0.354 e. The zero-order valence-electron chi connectivity index (χ0n) is 19.2. The molecule has 0 atom stereocenters. The first kappa shape index (κ1) is 24.7. The van der Waals surface area contributed by atoms with Crippen LogP contribution < -0.4 is 15.5 Å². The second-order valence-electron chi connectivity index (χ2n) is 8.06. The third-order valence-corrected chi connectivity index (χ3v) is 6.62. The fourth-order valence-electron chi connectivity index (χ4n) is 3.64. The summed E-state index contributed by atoms with van der Waals surface area (Å²) in [6, 6.07) is 8.94. The van der Waals surface area contributed by atoms with Gasteiger partial charge in [-0.1, -0.05) is 17.4 Å². The van der Waals surface area contributed by atoms with Crippen molar-refractivity contribution in [2.24, 2.45) is 0 Å². The highest BCUT2D eigenvalue weighted by Crippen LogP contribution is 2.32. The third kappa shape index (κ3) is 5.31. The van der Waals surface area contributed by atoms with E-state index in [1.54, 1.807) is 23.1 Å². The van der Waals surface area contributed by atoms with Gasteiger partial charge in [-0.2, -0.15) is 0 Å². The maximum absolute atomic E-state index is 14.6. The Balaban J connectivity index is 0.00000289. The predicted octanol–water partition coefficient (Wildman–Crippen LogP) is 3.56. The summed E-state index contributed by atoms with van der Waals surface area (Å²) in [5.74, 6) is 0.107. The van der Waals surface area contributed by atoms with E-state index in [4.69, 9.17) is 0 Å². The van der Waals surface area contributed by atoms with E-state index in [2.05, 4.69) is 30.6 Å². The van der Waals surface area contributed by atoms with Crippen LogP contribution in [0.3, 0.4) is 0 Å². The Labute approximate surface area is 211 Å². The van der Waals surface area contributed by atoms with Gasteiger partial charge in [-0.05, 0) is 24.3 Å². The van der Waals surface area contributed by atoms with Crippen LogP contribution in [0.2, 0.25) is 0 Å². The van der Waals surface area contributed by atoms with Crippen molar-refractivity contribution in [1.29, 1.82) is 0 Å². The molecule has 0 spiro atoms. The van der Waals surface area contributed by atoms with Crippen molar-refractivity contribution in [3.05, 3.63) is 54.1 Å². The van der Waals surface area contributed by atoms with Crippen molar-refractivity contribution in [2.45, 2.75) is 0 Å². The Bertz CT molecular complexity index is 1340. The summed E-state index contributed by atoms with van der Waals surface area (Å²) in [6.45, 7) is 2.93. The summed E-state index contributed by atoms with van der Waals surface area (Å²) in [4.78, 5) is 33.6. The number of carbonyl (C=O) groups is 1. The number of hydrogen-bond donors (Lipinski definition) is 2. The minimum atomic E-state index is -0.521. The molecule has 4 heterocycles. The number of piperazine rings is 1. The summed E-state index contributed by atoms with van der Waals surface area (Å²) in [7, 11) is 3.87. The van der Waals surface area contributed by atoms with Crippen LogP contribution >= 0.6 is 23.7 Å². The number of aromatic nitrogens is 4. The summed E-state index contributed by atoms with van der Waals surface area (Å²) in [5, 5.41) is 7.10. The van der Waals surface area contributed by atoms with Crippen LogP contribution in [0.15, 0.2) is 42.7 Å². The van der Waals surface area contributed by atoms with E-state index in [-0.39, 0.29) is 30.0 Å². The van der Waals surface area contributed by atoms with Crippen LogP contribution in [0.4, 0.5) is 21.3 Å². The molecular formula is C23H24ClFN8OS. The monoisotopic (exact) mass is 514 g/mol. The minimum absolute atomic E-state index is 0. The topological polar surface area (TPSA) is 99.2 Å². The Morgan fingerprint density at radius 1 is 1.11 bits per heavy atom. The van der Waals surface area contributed by atoms with Crippen molar-refractivity contribution in [1.82, 2.24) is 30.2 Å². The number of thiazole rings is 1. The highest BCUT2D eigenvalue weighted by atomic mass is 35.5. The molecule has 1 saturated heterocycles. The lowest BCUT2D eigenvalue weighted by molar-refractivity contribution is 0.0735. The lowest BCUT2D eigenvalue weighted by Gasteiger charge is -2.27. The van der Waals surface area contributed by atoms with E-state index < -0.39 is 5.82 Å². The smallest absolute Gasteiger partial charge is 0.255 e. The molecule has 12 heteroatoms. The van der Waals surface area contributed by atoms with Gasteiger partial charge in [-0.25, -0.2) is 24.3 Å². The normalized spacial score (nSPS) is 13.4. The third-order valence-electron chi connectivity index (χ3n) is 5.43. The number of pyridine rings is 1. The van der Waals surface area contributed by atoms with E-state index in [1.165, 1.54) is 17.5 Å². The number of amides is 1. The van der Waals surface area contributed by atoms with Crippen LogP contribution in [-0.2, 0) is 0 Å². The summed E-state index contributed by atoms with van der Waals surface area (Å²) in [6.07, 6.45) is 2.66. The van der Waals surface area contributed by atoms with Crippen LogP contribution in [0.5, 0.6) is 0 Å². The lowest BCUT2D eigenvalue weighted by Crippen LogP contribution is -2.46. The molecule has 1 fully saturated rings. The fraction of sp³-hybridized carbons (Fsp3) is 0.261. The Hall–Kier alpha value is -3.41. The average Bonchev–Trinajstić information content (AvgIpc) is 3.30. The van der Waals surface area contributed by atoms with Crippen LogP contribution in [-0.4, -0.2) is 71.0 Å². The van der Waals surface area contributed by atoms with Gasteiger partial charge in [0, 0.05) is 52.0 Å². The molecule has 3 aromatic heterocycles. The van der Waals surface area contributed by atoms with Gasteiger partial charge >= 0.3 is 0 Å². The molecule has 0 saturated carbocycles. The van der Waals surface area contributed by atoms with E-state index in [1.807, 2.05) is 31.1 Å². The number of hydrogen-bond acceptors (Lipinski definition) is 9. The van der Waals surface area contributed by atoms with E-state index in [0.29, 0.717) is 30.0 Å². The van der Waals surface area contributed by atoms with Gasteiger partial charge in [0.05, 0.1) is 22.0 Å². The first-order valence-corrected chi connectivity index (χ1v) is 11.6. The zero-order chi connectivity index (χ0) is 23.7. The molecule has 1 amide bonds. The quantitative estimate of drug-likeness (QED) is 0.417. The highest BCUT2D eigenvalue weighted by molar-refractivity contribution is 7.22. The number of rotatable bonds is 5. The number of fused-ring (bicyclic) bond motifs is 1. The van der Waals surface area contributed by atoms with E-state index in [0.717, 1.165) is 34.6 Å². The predicted molar refractivity (Wildman–Crippen MR) is 138 cm³/mol. The SMILES string of the molecule is CN(C)c1nc2ccc(-c3nc(Nc4ccc(C(=O)N5CCNCC5)cn4)ncc3F)cc2s1.Cl. The van der Waals surface area contributed by atoms with E-state index >= 15 is 0 Å². The van der Waals surface area contributed by atoms with Crippen molar-refractivity contribution >= 4 is 56.8 Å². The minimum Gasteiger partial charge on any atom is -0.354 e. The molecule has 0 aliphatic carbocycles. The number of nitrogens with one attached hydrogen (secondary N) is 2. The maximum atomic E-state index is 14.6. The first-order valence-electron chi connectivity index (χ1n) is 10.8. The molecule has 0 bridgehead atoms. The van der Waals surface area contributed by atoms with Crippen molar-refractivity contribution in [3.63, 3.8) is 0 Å². The number of benzene rings is 1. The molecule has 182 valence electrons. The molecule has 9 nitrogen and oxygen atoms in total. The lowest BCUT2D eigenvalue weighted by atomic mass is 10.1. The van der Waals surface area contributed by atoms with Crippen LogP contribution in [0.1, 0.15) is 10.4 Å². The van der Waals surface area contributed by atoms with Gasteiger partial charge in [0.25, 0.3) is 5.91 Å². The van der Waals surface area contributed by atoms with Crippen LogP contribution in [0, 0.1) is 5.82 Å². The molecule has 4 aromatic rings. The second-order valence-corrected chi connectivity index (χ2v) is 9.07. The summed E-state index contributed by atoms with van der Waals surface area (Å²) < 4.78 is 15.6. The molecule has 2 N–H and O–H groups in total. The molecule has 1 aromatic carbocycles. The molecule has 1 aliphatic rings. The molecule has 0 unspecified atom stereocenters. The Morgan fingerprint density at radius 3 is 2.63 bits per heavy atom. The maximum Gasteiger partial charge on any atom is 0.255 e. The van der Waals surface area contributed by atoms with Crippen LogP contribution in [0.25, 0.3) is 21.5 Å². The fourth-order valence-corrected chi connectivity index (χ4v) is 4.57. The van der Waals surface area contributed by atoms with Gasteiger partial charge < -0.3 is 20.4 Å². The second kappa shape index (κ2) is 10.5. The summed E-state index contributed by atoms with van der Waals surface area (Å²) >= 11 is 1.53. The van der Waals surface area contributed by atoms with Gasteiger partial charge in [0.1, 0.15) is 11.5 Å². The highest BCUT2D eigenvalue weighted by Gasteiger charge is 2.18. The molecule has 35 heavy (non-hydrogen) atoms. The van der Waals surface area contributed by atoms with Gasteiger partial charge in [-0.3, -0.25) is 4.79 Å². The van der Waals surface area contributed by atoms with Gasteiger partial charge in [0.2, 0.25) is 5.95 Å². The standard InChI is InChI=1S/C23H23FN8OS.ClH/c1-31(2)23-28-17-5-3-14(11-18(17)34-23)20-16(24)13-27-22(30-20)29-19-6-4-15(12-26-19)21(33)32-9-7-25-8-10-32;/h3-6,11-13,25H,7-10H2,1-2H3,(H,26,27,29,30);1H. The van der Waals surface area contributed by atoms with Crippen molar-refractivity contribution < 1.29 is 9.18 Å². The Kier molecular flexibility index (Phi) is 7.39. The van der Waals surface area contributed by atoms with E-state index in [9.17, 15) is 9.18 Å². The number of carbonyl (C=O) groups excluding carboxylic acids is 1. The average molecular weight is 515 g/mol. The van der Waals surface area contributed by atoms with Crippen molar-refractivity contribution in [2.75, 3.05) is 50.5 Å². The summed E-state index contributed by atoms with van der Waals surface area (Å²) in [5.41, 5.74) is 2.19. The zero-order valence-corrected chi connectivity index (χ0v) is 20.8. The number of nitrogens with zero attached hydrogens (tertiary/aromatic N) is 6. The van der Waals surface area contributed by atoms with Crippen molar-refractivity contribution in [3.8, 4) is 11.3 Å². The molecular weight excluding hydrogens is 491 g/mol. The van der Waals surface area contributed by atoms with Gasteiger partial charge in [0.15, 0.2) is 10.9 Å². The molecule has 0 radical (unpaired) electrons.